The lowest BCUT2D eigenvalue weighted by atomic mass is 10.0. The molecule has 0 spiro atoms. The Morgan fingerprint density at radius 3 is 2.72 bits per heavy atom. The molecular weight excluding hydrogens is 358 g/mol. The van der Waals surface area contributed by atoms with Crippen molar-refractivity contribution in [1.29, 1.82) is 0 Å². The summed E-state index contributed by atoms with van der Waals surface area (Å²) in [6.07, 6.45) is 3.31. The fraction of sp³-hybridized carbons (Fsp3) is 0.571. The minimum absolute atomic E-state index is 0.391. The van der Waals surface area contributed by atoms with Crippen molar-refractivity contribution >= 4 is 31.9 Å². The van der Waals surface area contributed by atoms with Gasteiger partial charge in [-0.1, -0.05) is 44.8 Å². The van der Waals surface area contributed by atoms with E-state index in [4.69, 9.17) is 4.74 Å². The maximum absolute atomic E-state index is 5.13. The summed E-state index contributed by atoms with van der Waals surface area (Å²) < 4.78 is 7.39. The molecule has 2 nitrogen and oxygen atoms in total. The van der Waals surface area contributed by atoms with E-state index in [1.54, 1.807) is 7.11 Å². The fourth-order valence-corrected chi connectivity index (χ4v) is 3.23. The number of hydrogen-bond donors (Lipinski definition) is 1. The third kappa shape index (κ3) is 5.39. The monoisotopic (exact) mass is 377 g/mol. The lowest BCUT2D eigenvalue weighted by Gasteiger charge is -2.20. The molecule has 102 valence electrons. The van der Waals surface area contributed by atoms with Crippen molar-refractivity contribution in [3.63, 3.8) is 0 Å². The van der Waals surface area contributed by atoms with Crippen molar-refractivity contribution in [1.82, 2.24) is 5.32 Å². The highest BCUT2D eigenvalue weighted by molar-refractivity contribution is 9.11. The number of benzene rings is 1. The lowest BCUT2D eigenvalue weighted by molar-refractivity contribution is 0.188. The topological polar surface area (TPSA) is 21.3 Å². The van der Waals surface area contributed by atoms with Gasteiger partial charge in [0, 0.05) is 28.7 Å². The predicted octanol–water partition coefficient (Wildman–Crippen LogP) is 4.68. The van der Waals surface area contributed by atoms with Crippen LogP contribution in [0.25, 0.3) is 0 Å². The maximum atomic E-state index is 5.13. The molecule has 4 heteroatoms. The van der Waals surface area contributed by atoms with Gasteiger partial charge >= 0.3 is 0 Å². The zero-order chi connectivity index (χ0) is 13.4. The summed E-state index contributed by atoms with van der Waals surface area (Å²) in [5.74, 6) is 0. The third-order valence-electron chi connectivity index (χ3n) is 2.82. The molecule has 0 saturated carbocycles. The molecule has 1 aromatic rings. The van der Waals surface area contributed by atoms with Gasteiger partial charge in [-0.3, -0.25) is 0 Å². The van der Waals surface area contributed by atoms with Crippen molar-refractivity contribution in [2.45, 2.75) is 32.2 Å². The summed E-state index contributed by atoms with van der Waals surface area (Å²) in [5, 5.41) is 3.60. The minimum atomic E-state index is 0.391. The van der Waals surface area contributed by atoms with Gasteiger partial charge in [-0.25, -0.2) is 0 Å². The van der Waals surface area contributed by atoms with Crippen molar-refractivity contribution in [2.24, 2.45) is 0 Å². The van der Waals surface area contributed by atoms with Gasteiger partial charge in [0.2, 0.25) is 0 Å². The van der Waals surface area contributed by atoms with Crippen molar-refractivity contribution in [3.05, 3.63) is 32.7 Å². The SMILES string of the molecule is CCCNC(CCCOC)c1ccc(Br)cc1Br. The van der Waals surface area contributed by atoms with Crippen LogP contribution in [0, 0.1) is 0 Å². The Kier molecular flexibility index (Phi) is 8.15. The second-order valence-electron chi connectivity index (χ2n) is 4.31. The Balaban J connectivity index is 2.73. The van der Waals surface area contributed by atoms with Crippen LogP contribution < -0.4 is 5.32 Å². The van der Waals surface area contributed by atoms with Gasteiger partial charge in [-0.05, 0) is 43.5 Å². The molecule has 0 amide bonds. The number of rotatable bonds is 8. The highest BCUT2D eigenvalue weighted by Gasteiger charge is 2.13. The van der Waals surface area contributed by atoms with E-state index in [1.165, 1.54) is 5.56 Å². The molecule has 0 aliphatic rings. The molecule has 0 saturated heterocycles. The normalized spacial score (nSPS) is 12.7. The standard InChI is InChI=1S/C14H21Br2NO/c1-3-8-17-14(5-4-9-18-2)12-7-6-11(15)10-13(12)16/h6-7,10,14,17H,3-5,8-9H2,1-2H3. The molecular formula is C14H21Br2NO. The first-order valence-electron chi connectivity index (χ1n) is 6.36. The Labute approximate surface area is 127 Å². The number of hydrogen-bond acceptors (Lipinski definition) is 2. The average Bonchev–Trinajstić information content (AvgIpc) is 2.34. The number of methoxy groups -OCH3 is 1. The van der Waals surface area contributed by atoms with Crippen molar-refractivity contribution < 1.29 is 4.74 Å². The van der Waals surface area contributed by atoms with Crippen LogP contribution in [0.15, 0.2) is 27.1 Å². The Bertz CT molecular complexity index is 358. The summed E-state index contributed by atoms with van der Waals surface area (Å²) in [5.41, 5.74) is 1.32. The van der Waals surface area contributed by atoms with Gasteiger partial charge in [0.1, 0.15) is 0 Å². The van der Waals surface area contributed by atoms with Crippen LogP contribution in [0.4, 0.5) is 0 Å². The van der Waals surface area contributed by atoms with Crippen LogP contribution in [-0.4, -0.2) is 20.3 Å². The minimum Gasteiger partial charge on any atom is -0.385 e. The Hall–Kier alpha value is 0.1000. The molecule has 0 bridgehead atoms. The second-order valence-corrected chi connectivity index (χ2v) is 6.08. The third-order valence-corrected chi connectivity index (χ3v) is 4.00. The van der Waals surface area contributed by atoms with Crippen molar-refractivity contribution in [3.8, 4) is 0 Å². The predicted molar refractivity (Wildman–Crippen MR) is 84.0 cm³/mol. The van der Waals surface area contributed by atoms with Crippen LogP contribution >= 0.6 is 31.9 Å². The van der Waals surface area contributed by atoms with Gasteiger partial charge in [-0.15, -0.1) is 0 Å². The maximum Gasteiger partial charge on any atom is 0.0462 e. The Morgan fingerprint density at radius 2 is 2.11 bits per heavy atom. The molecule has 0 aliphatic carbocycles. The first-order chi connectivity index (χ1) is 8.69. The summed E-state index contributed by atoms with van der Waals surface area (Å²) in [4.78, 5) is 0. The first-order valence-corrected chi connectivity index (χ1v) is 7.95. The van der Waals surface area contributed by atoms with Crippen LogP contribution in [0.2, 0.25) is 0 Å². The summed E-state index contributed by atoms with van der Waals surface area (Å²) in [6.45, 7) is 4.05. The summed E-state index contributed by atoms with van der Waals surface area (Å²) in [6, 6.07) is 6.76. The van der Waals surface area contributed by atoms with E-state index in [-0.39, 0.29) is 0 Å². The number of nitrogens with one attached hydrogen (secondary N) is 1. The molecule has 0 radical (unpaired) electrons. The van der Waals surface area contributed by atoms with Gasteiger partial charge in [0.15, 0.2) is 0 Å². The summed E-state index contributed by atoms with van der Waals surface area (Å²) >= 11 is 7.14. The largest absolute Gasteiger partial charge is 0.385 e. The quantitative estimate of drug-likeness (QED) is 0.663. The molecule has 0 fully saturated rings. The highest BCUT2D eigenvalue weighted by Crippen LogP contribution is 2.29. The van der Waals surface area contributed by atoms with Crippen LogP contribution in [-0.2, 0) is 4.74 Å². The molecule has 18 heavy (non-hydrogen) atoms. The van der Waals surface area contributed by atoms with Gasteiger partial charge in [0.25, 0.3) is 0 Å². The average molecular weight is 379 g/mol. The molecule has 0 heterocycles. The lowest BCUT2D eigenvalue weighted by Crippen LogP contribution is -2.22. The fourth-order valence-electron chi connectivity index (χ4n) is 1.90. The van der Waals surface area contributed by atoms with Crippen LogP contribution in [0.5, 0.6) is 0 Å². The molecule has 0 aliphatic heterocycles. The molecule has 1 atom stereocenters. The van der Waals surface area contributed by atoms with E-state index in [9.17, 15) is 0 Å². The molecule has 1 aromatic carbocycles. The highest BCUT2D eigenvalue weighted by atomic mass is 79.9. The smallest absolute Gasteiger partial charge is 0.0462 e. The van der Waals surface area contributed by atoms with Crippen molar-refractivity contribution in [2.75, 3.05) is 20.3 Å². The van der Waals surface area contributed by atoms with Crippen LogP contribution in [0.3, 0.4) is 0 Å². The van der Waals surface area contributed by atoms with Gasteiger partial charge < -0.3 is 10.1 Å². The van der Waals surface area contributed by atoms with E-state index in [0.717, 1.165) is 41.4 Å². The molecule has 0 aromatic heterocycles. The van der Waals surface area contributed by atoms with Gasteiger partial charge in [-0.2, -0.15) is 0 Å². The van der Waals surface area contributed by atoms with Crippen LogP contribution in [0.1, 0.15) is 37.8 Å². The van der Waals surface area contributed by atoms with Gasteiger partial charge in [0.05, 0.1) is 0 Å². The number of halogens is 2. The Morgan fingerprint density at radius 1 is 1.33 bits per heavy atom. The molecule has 1 N–H and O–H groups in total. The zero-order valence-corrected chi connectivity index (χ0v) is 14.2. The first kappa shape index (κ1) is 16.2. The van der Waals surface area contributed by atoms with E-state index in [0.29, 0.717) is 6.04 Å². The second kappa shape index (κ2) is 9.08. The van der Waals surface area contributed by atoms with E-state index in [1.807, 2.05) is 0 Å². The number of ether oxygens (including phenoxy) is 1. The van der Waals surface area contributed by atoms with E-state index < -0.39 is 0 Å². The molecule has 1 unspecified atom stereocenters. The molecule has 1 rings (SSSR count). The van der Waals surface area contributed by atoms with E-state index in [2.05, 4.69) is 62.3 Å². The zero-order valence-electron chi connectivity index (χ0n) is 11.0. The summed E-state index contributed by atoms with van der Waals surface area (Å²) in [7, 11) is 1.75. The van der Waals surface area contributed by atoms with E-state index >= 15 is 0 Å².